The fraction of sp³-hybridized carbons (Fsp3) is 0.923. The van der Waals surface area contributed by atoms with E-state index in [1.807, 2.05) is 0 Å². The Hall–Kier alpha value is -0.770. The molecule has 0 aromatic carbocycles. The second-order valence-corrected chi connectivity index (χ2v) is 5.08. The Morgan fingerprint density at radius 2 is 2.00 bits per heavy atom. The molecule has 0 bridgehead atoms. The molecule has 1 fully saturated rings. The van der Waals surface area contributed by atoms with Crippen LogP contribution in [0.1, 0.15) is 52.9 Å². The first kappa shape index (κ1) is 14.3. The average molecular weight is 241 g/mol. The number of nitrogens with one attached hydrogen (secondary N) is 2. The first-order valence-electron chi connectivity index (χ1n) is 6.87. The van der Waals surface area contributed by atoms with Gasteiger partial charge in [0.2, 0.25) is 0 Å². The summed E-state index contributed by atoms with van der Waals surface area (Å²) in [5.41, 5.74) is -0.558. The van der Waals surface area contributed by atoms with E-state index in [0.29, 0.717) is 12.6 Å². The van der Waals surface area contributed by atoms with E-state index < -0.39 is 5.60 Å². The number of aliphatic imine (C=N–C) groups is 1. The first-order valence-corrected chi connectivity index (χ1v) is 6.87. The Morgan fingerprint density at radius 3 is 2.53 bits per heavy atom. The van der Waals surface area contributed by atoms with Gasteiger partial charge in [-0.15, -0.1) is 0 Å². The minimum Gasteiger partial charge on any atom is -0.388 e. The molecule has 0 spiro atoms. The quantitative estimate of drug-likeness (QED) is 0.507. The largest absolute Gasteiger partial charge is 0.388 e. The maximum Gasteiger partial charge on any atom is 0.191 e. The summed E-state index contributed by atoms with van der Waals surface area (Å²) in [6, 6.07) is 0.408. The summed E-state index contributed by atoms with van der Waals surface area (Å²) in [5.74, 6) is 0.821. The van der Waals surface area contributed by atoms with E-state index in [1.54, 1.807) is 0 Å². The zero-order valence-corrected chi connectivity index (χ0v) is 11.4. The monoisotopic (exact) mass is 241 g/mol. The van der Waals surface area contributed by atoms with Gasteiger partial charge in [-0.05, 0) is 33.1 Å². The number of rotatable bonds is 5. The van der Waals surface area contributed by atoms with Crippen LogP contribution in [0.25, 0.3) is 0 Å². The second-order valence-electron chi connectivity index (χ2n) is 5.08. The Kier molecular flexibility index (Phi) is 5.75. The van der Waals surface area contributed by atoms with E-state index >= 15 is 0 Å². The minimum absolute atomic E-state index is 0.408. The summed E-state index contributed by atoms with van der Waals surface area (Å²) < 4.78 is 0. The topological polar surface area (TPSA) is 56.7 Å². The number of nitrogens with zero attached hydrogens (tertiary/aromatic N) is 1. The minimum atomic E-state index is -0.558. The molecule has 0 saturated heterocycles. The number of aliphatic hydroxyl groups is 1. The summed E-state index contributed by atoms with van der Waals surface area (Å²) in [6.45, 7) is 7.69. The summed E-state index contributed by atoms with van der Waals surface area (Å²) in [7, 11) is 0. The van der Waals surface area contributed by atoms with Crippen molar-refractivity contribution in [3.05, 3.63) is 0 Å². The molecule has 0 heterocycles. The molecule has 1 aliphatic rings. The van der Waals surface area contributed by atoms with Crippen LogP contribution in [0.3, 0.4) is 0 Å². The van der Waals surface area contributed by atoms with Crippen LogP contribution < -0.4 is 10.6 Å². The predicted molar refractivity (Wildman–Crippen MR) is 72.3 cm³/mol. The van der Waals surface area contributed by atoms with Gasteiger partial charge in [0.15, 0.2) is 5.96 Å². The van der Waals surface area contributed by atoms with Crippen LogP contribution >= 0.6 is 0 Å². The van der Waals surface area contributed by atoms with Gasteiger partial charge in [0.25, 0.3) is 0 Å². The highest BCUT2D eigenvalue weighted by Crippen LogP contribution is 2.29. The van der Waals surface area contributed by atoms with Crippen LogP contribution in [0.4, 0.5) is 0 Å². The highest BCUT2D eigenvalue weighted by molar-refractivity contribution is 5.80. The molecule has 1 rings (SSSR count). The first-order chi connectivity index (χ1) is 8.09. The van der Waals surface area contributed by atoms with Crippen LogP contribution in [-0.4, -0.2) is 35.8 Å². The van der Waals surface area contributed by atoms with Gasteiger partial charge in [0.1, 0.15) is 0 Å². The second kappa shape index (κ2) is 6.84. The lowest BCUT2D eigenvalue weighted by atomic mass is 10.0. The SMILES string of the molecule is CCNC(=NCC1(O)CCCC1)NC(C)CC. The smallest absolute Gasteiger partial charge is 0.191 e. The molecule has 3 N–H and O–H groups in total. The maximum atomic E-state index is 10.2. The lowest BCUT2D eigenvalue weighted by Crippen LogP contribution is -2.43. The molecule has 0 aromatic heterocycles. The Morgan fingerprint density at radius 1 is 1.35 bits per heavy atom. The summed E-state index contributed by atoms with van der Waals surface area (Å²) in [5, 5.41) is 16.8. The molecule has 100 valence electrons. The van der Waals surface area contributed by atoms with Crippen LogP contribution in [0.2, 0.25) is 0 Å². The molecule has 1 aliphatic carbocycles. The van der Waals surface area contributed by atoms with Gasteiger partial charge in [0.05, 0.1) is 12.1 Å². The third kappa shape index (κ3) is 4.94. The van der Waals surface area contributed by atoms with Crippen LogP contribution in [-0.2, 0) is 0 Å². The van der Waals surface area contributed by atoms with Gasteiger partial charge >= 0.3 is 0 Å². The van der Waals surface area contributed by atoms with E-state index in [9.17, 15) is 5.11 Å². The highest BCUT2D eigenvalue weighted by Gasteiger charge is 2.30. The number of hydrogen-bond acceptors (Lipinski definition) is 2. The van der Waals surface area contributed by atoms with Gasteiger partial charge in [0, 0.05) is 12.6 Å². The van der Waals surface area contributed by atoms with Crippen LogP contribution in [0.5, 0.6) is 0 Å². The number of hydrogen-bond donors (Lipinski definition) is 3. The summed E-state index contributed by atoms with van der Waals surface area (Å²) in [6.07, 6.45) is 5.09. The van der Waals surface area contributed by atoms with E-state index in [-0.39, 0.29) is 0 Å². The van der Waals surface area contributed by atoms with Crippen molar-refractivity contribution >= 4 is 5.96 Å². The summed E-state index contributed by atoms with van der Waals surface area (Å²) in [4.78, 5) is 4.50. The molecule has 1 atom stereocenters. The molecular formula is C13H27N3O. The van der Waals surface area contributed by atoms with Crippen LogP contribution in [0, 0.1) is 0 Å². The Balaban J connectivity index is 2.50. The standard InChI is InChI=1S/C13H27N3O/c1-4-11(3)16-12(14-5-2)15-10-13(17)8-6-7-9-13/h11,17H,4-10H2,1-3H3,(H2,14,15,16). The van der Waals surface area contributed by atoms with Crippen molar-refractivity contribution in [3.63, 3.8) is 0 Å². The normalized spacial score (nSPS) is 21.3. The van der Waals surface area contributed by atoms with Gasteiger partial charge in [-0.1, -0.05) is 19.8 Å². The van der Waals surface area contributed by atoms with Crippen molar-refractivity contribution in [2.45, 2.75) is 64.5 Å². The molecule has 1 saturated carbocycles. The van der Waals surface area contributed by atoms with Gasteiger partial charge in [-0.2, -0.15) is 0 Å². The van der Waals surface area contributed by atoms with E-state index in [2.05, 4.69) is 36.4 Å². The number of guanidine groups is 1. The van der Waals surface area contributed by atoms with Crippen molar-refractivity contribution in [1.29, 1.82) is 0 Å². The molecule has 4 heteroatoms. The molecular weight excluding hydrogens is 214 g/mol. The summed E-state index contributed by atoms with van der Waals surface area (Å²) >= 11 is 0. The molecule has 0 radical (unpaired) electrons. The molecule has 17 heavy (non-hydrogen) atoms. The van der Waals surface area contributed by atoms with E-state index in [0.717, 1.165) is 44.6 Å². The van der Waals surface area contributed by atoms with Crippen LogP contribution in [0.15, 0.2) is 4.99 Å². The zero-order chi connectivity index (χ0) is 12.7. The molecule has 0 amide bonds. The lowest BCUT2D eigenvalue weighted by Gasteiger charge is -2.21. The molecule has 0 aliphatic heterocycles. The van der Waals surface area contributed by atoms with Crippen molar-refractivity contribution in [2.24, 2.45) is 4.99 Å². The third-order valence-corrected chi connectivity index (χ3v) is 3.41. The third-order valence-electron chi connectivity index (χ3n) is 3.41. The Bertz CT molecular complexity index is 247. The van der Waals surface area contributed by atoms with Crippen molar-refractivity contribution < 1.29 is 5.11 Å². The maximum absolute atomic E-state index is 10.2. The molecule has 4 nitrogen and oxygen atoms in total. The van der Waals surface area contributed by atoms with Gasteiger partial charge < -0.3 is 15.7 Å². The van der Waals surface area contributed by atoms with Gasteiger partial charge in [-0.25, -0.2) is 0 Å². The average Bonchev–Trinajstić information content (AvgIpc) is 2.74. The molecule has 1 unspecified atom stereocenters. The van der Waals surface area contributed by atoms with Crippen molar-refractivity contribution in [3.8, 4) is 0 Å². The van der Waals surface area contributed by atoms with Crippen molar-refractivity contribution in [1.82, 2.24) is 10.6 Å². The Labute approximate surface area is 105 Å². The highest BCUT2D eigenvalue weighted by atomic mass is 16.3. The van der Waals surface area contributed by atoms with E-state index in [4.69, 9.17) is 0 Å². The predicted octanol–water partition coefficient (Wildman–Crippen LogP) is 1.65. The van der Waals surface area contributed by atoms with Gasteiger partial charge in [-0.3, -0.25) is 4.99 Å². The van der Waals surface area contributed by atoms with E-state index in [1.165, 1.54) is 0 Å². The fourth-order valence-electron chi connectivity index (χ4n) is 2.07. The lowest BCUT2D eigenvalue weighted by molar-refractivity contribution is 0.0574. The zero-order valence-electron chi connectivity index (χ0n) is 11.4. The van der Waals surface area contributed by atoms with Crippen molar-refractivity contribution in [2.75, 3.05) is 13.1 Å². The fourth-order valence-corrected chi connectivity index (χ4v) is 2.07. The molecule has 0 aromatic rings.